The van der Waals surface area contributed by atoms with E-state index >= 15 is 0 Å². The number of benzene rings is 1. The Balaban J connectivity index is 2.13. The number of ether oxygens (including phenoxy) is 2. The van der Waals surface area contributed by atoms with Crippen molar-refractivity contribution in [3.05, 3.63) is 33.3 Å². The number of anilines is 1. The molecule has 0 radical (unpaired) electrons. The predicted octanol–water partition coefficient (Wildman–Crippen LogP) is 1.62. The average Bonchev–Trinajstić information content (AvgIpc) is 2.81. The zero-order valence-corrected chi connectivity index (χ0v) is 10.7. The van der Waals surface area contributed by atoms with Gasteiger partial charge in [0.15, 0.2) is 16.5 Å². The Morgan fingerprint density at radius 1 is 1.42 bits per heavy atom. The van der Waals surface area contributed by atoms with Crippen LogP contribution in [0.5, 0.6) is 11.5 Å². The summed E-state index contributed by atoms with van der Waals surface area (Å²) < 4.78 is 10.5. The third-order valence-electron chi connectivity index (χ3n) is 2.19. The van der Waals surface area contributed by atoms with Crippen molar-refractivity contribution in [2.45, 2.75) is 6.61 Å². The van der Waals surface area contributed by atoms with Crippen molar-refractivity contribution >= 4 is 22.2 Å². The number of nitrogens with zero attached hydrogens (tertiary/aromatic N) is 3. The molecule has 0 saturated carbocycles. The van der Waals surface area contributed by atoms with Crippen LogP contribution in [0.25, 0.3) is 0 Å². The van der Waals surface area contributed by atoms with Crippen molar-refractivity contribution in [3.8, 4) is 11.5 Å². The van der Waals surface area contributed by atoms with E-state index in [-0.39, 0.29) is 18.0 Å². The van der Waals surface area contributed by atoms with Gasteiger partial charge in [0, 0.05) is 6.07 Å². The van der Waals surface area contributed by atoms with Gasteiger partial charge in [-0.3, -0.25) is 10.1 Å². The number of nitro groups is 1. The van der Waals surface area contributed by atoms with E-state index in [4.69, 9.17) is 15.2 Å². The predicted molar refractivity (Wildman–Crippen MR) is 68.3 cm³/mol. The Bertz CT molecular complexity index is 601. The van der Waals surface area contributed by atoms with E-state index in [1.807, 2.05) is 0 Å². The van der Waals surface area contributed by atoms with Crippen LogP contribution in [-0.2, 0) is 6.61 Å². The van der Waals surface area contributed by atoms with E-state index in [9.17, 15) is 10.1 Å². The Hall–Kier alpha value is -2.42. The molecule has 1 aromatic carbocycles. The second-order valence-corrected chi connectivity index (χ2v) is 4.51. The molecule has 0 aliphatic heterocycles. The van der Waals surface area contributed by atoms with Gasteiger partial charge in [0.2, 0.25) is 5.13 Å². The number of hydrogen-bond donors (Lipinski definition) is 1. The van der Waals surface area contributed by atoms with Crippen LogP contribution in [0.2, 0.25) is 0 Å². The lowest BCUT2D eigenvalue weighted by Crippen LogP contribution is -1.98. The summed E-state index contributed by atoms with van der Waals surface area (Å²) in [5.74, 6) is 0.675. The fraction of sp³-hybridized carbons (Fsp3) is 0.200. The molecular formula is C10H10N4O4S. The van der Waals surface area contributed by atoms with Gasteiger partial charge >= 0.3 is 0 Å². The quantitative estimate of drug-likeness (QED) is 0.654. The van der Waals surface area contributed by atoms with Gasteiger partial charge in [0.25, 0.3) is 5.69 Å². The Morgan fingerprint density at radius 3 is 2.79 bits per heavy atom. The van der Waals surface area contributed by atoms with E-state index in [2.05, 4.69) is 10.2 Å². The maximum atomic E-state index is 10.6. The number of methoxy groups -OCH3 is 1. The van der Waals surface area contributed by atoms with Gasteiger partial charge in [0.05, 0.1) is 18.1 Å². The zero-order chi connectivity index (χ0) is 13.8. The molecule has 0 spiro atoms. The molecule has 1 heterocycles. The first-order valence-corrected chi connectivity index (χ1v) is 5.95. The van der Waals surface area contributed by atoms with Crippen molar-refractivity contribution in [2.24, 2.45) is 0 Å². The van der Waals surface area contributed by atoms with E-state index < -0.39 is 4.92 Å². The lowest BCUT2D eigenvalue weighted by Gasteiger charge is -2.08. The van der Waals surface area contributed by atoms with Gasteiger partial charge in [-0.2, -0.15) is 0 Å². The minimum atomic E-state index is -0.502. The standard InChI is InChI=1S/C10H10N4O4S/c1-17-8-4-6(14(15)16)2-3-7(8)18-5-9-12-13-10(11)19-9/h2-4H,5H2,1H3,(H2,11,13). The summed E-state index contributed by atoms with van der Waals surface area (Å²) in [7, 11) is 1.41. The maximum absolute atomic E-state index is 10.6. The average molecular weight is 282 g/mol. The minimum Gasteiger partial charge on any atom is -0.493 e. The number of rotatable bonds is 5. The first kappa shape index (κ1) is 13.0. The molecule has 0 bridgehead atoms. The van der Waals surface area contributed by atoms with E-state index in [1.54, 1.807) is 0 Å². The highest BCUT2D eigenvalue weighted by Gasteiger charge is 2.13. The molecule has 1 aromatic heterocycles. The summed E-state index contributed by atoms with van der Waals surface area (Å²) in [4.78, 5) is 10.1. The smallest absolute Gasteiger partial charge is 0.273 e. The van der Waals surface area contributed by atoms with Crippen LogP contribution in [0.15, 0.2) is 18.2 Å². The van der Waals surface area contributed by atoms with Crippen molar-refractivity contribution in [3.63, 3.8) is 0 Å². The molecular weight excluding hydrogens is 272 g/mol. The highest BCUT2D eigenvalue weighted by molar-refractivity contribution is 7.15. The lowest BCUT2D eigenvalue weighted by molar-refractivity contribution is -0.385. The second-order valence-electron chi connectivity index (χ2n) is 3.41. The second kappa shape index (κ2) is 5.48. The van der Waals surface area contributed by atoms with Crippen molar-refractivity contribution in [2.75, 3.05) is 12.8 Å². The number of nitrogen functional groups attached to an aromatic ring is 1. The molecule has 9 heteroatoms. The molecule has 0 aliphatic carbocycles. The van der Waals surface area contributed by atoms with Crippen molar-refractivity contribution in [1.82, 2.24) is 10.2 Å². The van der Waals surface area contributed by atoms with Crippen LogP contribution in [-0.4, -0.2) is 22.2 Å². The molecule has 2 N–H and O–H groups in total. The van der Waals surface area contributed by atoms with E-state index in [0.717, 1.165) is 0 Å². The molecule has 2 rings (SSSR count). The fourth-order valence-electron chi connectivity index (χ4n) is 1.35. The van der Waals surface area contributed by atoms with Crippen molar-refractivity contribution in [1.29, 1.82) is 0 Å². The monoisotopic (exact) mass is 282 g/mol. The molecule has 0 aliphatic rings. The van der Waals surface area contributed by atoms with Crippen LogP contribution in [0.3, 0.4) is 0 Å². The Kier molecular flexibility index (Phi) is 3.76. The summed E-state index contributed by atoms with van der Waals surface area (Å²) in [6, 6.07) is 4.11. The van der Waals surface area contributed by atoms with Crippen LogP contribution in [0.1, 0.15) is 5.01 Å². The third kappa shape index (κ3) is 3.07. The highest BCUT2D eigenvalue weighted by Crippen LogP contribution is 2.31. The Labute approximate surface area is 111 Å². The molecule has 0 unspecified atom stereocenters. The first-order chi connectivity index (χ1) is 9.10. The number of nitrogens with two attached hydrogens (primary N) is 1. The largest absolute Gasteiger partial charge is 0.493 e. The minimum absolute atomic E-state index is 0.0654. The third-order valence-corrected chi connectivity index (χ3v) is 2.92. The molecule has 100 valence electrons. The zero-order valence-electron chi connectivity index (χ0n) is 9.90. The van der Waals surface area contributed by atoms with Gasteiger partial charge in [-0.15, -0.1) is 10.2 Å². The molecule has 0 fully saturated rings. The summed E-state index contributed by atoms with van der Waals surface area (Å²) in [6.07, 6.45) is 0. The molecule has 2 aromatic rings. The number of hydrogen-bond acceptors (Lipinski definition) is 8. The van der Waals surface area contributed by atoms with Crippen LogP contribution in [0, 0.1) is 10.1 Å². The number of nitro benzene ring substituents is 1. The maximum Gasteiger partial charge on any atom is 0.273 e. The van der Waals surface area contributed by atoms with Gasteiger partial charge in [0.1, 0.15) is 6.61 Å². The van der Waals surface area contributed by atoms with Crippen molar-refractivity contribution < 1.29 is 14.4 Å². The topological polar surface area (TPSA) is 113 Å². The normalized spacial score (nSPS) is 10.2. The Morgan fingerprint density at radius 2 is 2.21 bits per heavy atom. The van der Waals surface area contributed by atoms with Gasteiger partial charge in [-0.05, 0) is 6.07 Å². The SMILES string of the molecule is COc1cc([N+](=O)[O-])ccc1OCc1nnc(N)s1. The van der Waals surface area contributed by atoms with Gasteiger partial charge in [-0.1, -0.05) is 11.3 Å². The summed E-state index contributed by atoms with van der Waals surface area (Å²) >= 11 is 1.21. The van der Waals surface area contributed by atoms with E-state index in [1.165, 1.54) is 36.6 Å². The first-order valence-electron chi connectivity index (χ1n) is 5.13. The highest BCUT2D eigenvalue weighted by atomic mass is 32.1. The summed E-state index contributed by atoms with van der Waals surface area (Å²) in [5.41, 5.74) is 5.38. The molecule has 8 nitrogen and oxygen atoms in total. The molecule has 0 amide bonds. The van der Waals surface area contributed by atoms with Gasteiger partial charge < -0.3 is 15.2 Å². The van der Waals surface area contributed by atoms with Crippen LogP contribution < -0.4 is 15.2 Å². The molecule has 0 atom stereocenters. The molecule has 19 heavy (non-hydrogen) atoms. The number of non-ortho nitro benzene ring substituents is 1. The molecule has 0 saturated heterocycles. The van der Waals surface area contributed by atoms with Crippen LogP contribution in [0.4, 0.5) is 10.8 Å². The van der Waals surface area contributed by atoms with Gasteiger partial charge in [-0.25, -0.2) is 0 Å². The number of aromatic nitrogens is 2. The summed E-state index contributed by atoms with van der Waals surface area (Å²) in [5, 5.41) is 19.1. The van der Waals surface area contributed by atoms with Crippen LogP contribution >= 0.6 is 11.3 Å². The summed E-state index contributed by atoms with van der Waals surface area (Å²) in [6.45, 7) is 0.170. The van der Waals surface area contributed by atoms with E-state index in [0.29, 0.717) is 15.9 Å². The lowest BCUT2D eigenvalue weighted by atomic mass is 10.3. The fourth-order valence-corrected chi connectivity index (χ4v) is 1.88.